The average Bonchev–Trinajstić information content (AvgIpc) is 3.19. The molecule has 4 rings (SSSR count). The molecule has 8 nitrogen and oxygen atoms in total. The molecule has 0 unspecified atom stereocenters. The molecule has 0 radical (unpaired) electrons. The van der Waals surface area contributed by atoms with E-state index in [2.05, 4.69) is 34.9 Å². The Morgan fingerprint density at radius 3 is 2.76 bits per heavy atom. The molecular weight excluding hydrogens is 290 g/mol. The second kappa shape index (κ2) is 4.85. The summed E-state index contributed by atoms with van der Waals surface area (Å²) in [4.78, 5) is 27.8. The Morgan fingerprint density at radius 1 is 1.19 bits per heavy atom. The molecule has 4 heterocycles. The fraction of sp³-hybridized carbons (Fsp3) is 0.333. The van der Waals surface area contributed by atoms with Gasteiger partial charge in [-0.25, -0.2) is 4.98 Å². The van der Waals surface area contributed by atoms with Gasteiger partial charge in [-0.3, -0.25) is 14.9 Å². The van der Waals surface area contributed by atoms with E-state index in [-0.39, 0.29) is 5.56 Å². The van der Waals surface area contributed by atoms with Crippen LogP contribution in [0, 0.1) is 0 Å². The molecule has 21 heavy (non-hydrogen) atoms. The summed E-state index contributed by atoms with van der Waals surface area (Å²) < 4.78 is 0. The second-order valence-electron chi connectivity index (χ2n) is 4.81. The molecule has 0 aromatic carbocycles. The summed E-state index contributed by atoms with van der Waals surface area (Å²) in [5.74, 6) is 0.593. The molecule has 108 valence electrons. The maximum Gasteiger partial charge on any atom is 0.263 e. The Kier molecular flexibility index (Phi) is 2.85. The van der Waals surface area contributed by atoms with Gasteiger partial charge in [-0.05, 0) is 0 Å². The lowest BCUT2D eigenvalue weighted by Crippen LogP contribution is -2.47. The molecule has 0 atom stereocenters. The fourth-order valence-electron chi connectivity index (χ4n) is 2.46. The van der Waals surface area contributed by atoms with Crippen molar-refractivity contribution in [1.29, 1.82) is 0 Å². The molecule has 0 saturated carbocycles. The second-order valence-corrected chi connectivity index (χ2v) is 5.68. The van der Waals surface area contributed by atoms with E-state index in [9.17, 15) is 4.79 Å². The summed E-state index contributed by atoms with van der Waals surface area (Å²) in [6.45, 7) is 3.31. The SMILES string of the molecule is O=c1[nH]c(N2CCN(c3nccs3)CC2)nc2[nH]ncc12. The van der Waals surface area contributed by atoms with E-state index in [1.807, 2.05) is 11.6 Å². The van der Waals surface area contributed by atoms with Gasteiger partial charge in [0.15, 0.2) is 10.8 Å². The number of nitrogens with one attached hydrogen (secondary N) is 2. The Balaban J connectivity index is 1.56. The van der Waals surface area contributed by atoms with Crippen molar-refractivity contribution in [3.05, 3.63) is 28.1 Å². The van der Waals surface area contributed by atoms with Crippen molar-refractivity contribution in [3.8, 4) is 0 Å². The first-order valence-corrected chi connectivity index (χ1v) is 7.52. The van der Waals surface area contributed by atoms with E-state index in [1.165, 1.54) is 6.20 Å². The van der Waals surface area contributed by atoms with E-state index in [1.54, 1.807) is 11.3 Å². The number of aromatic amines is 2. The first kappa shape index (κ1) is 12.3. The van der Waals surface area contributed by atoms with E-state index < -0.39 is 0 Å². The van der Waals surface area contributed by atoms with Crippen LogP contribution >= 0.6 is 11.3 Å². The number of hydrogen-bond acceptors (Lipinski definition) is 7. The van der Waals surface area contributed by atoms with Gasteiger partial charge >= 0.3 is 0 Å². The Hall–Kier alpha value is -2.42. The normalized spacial score (nSPS) is 15.8. The Bertz CT molecular complexity index is 800. The molecule has 1 aliphatic rings. The Morgan fingerprint density at radius 2 is 2.00 bits per heavy atom. The van der Waals surface area contributed by atoms with Crippen molar-refractivity contribution in [2.24, 2.45) is 0 Å². The lowest BCUT2D eigenvalue weighted by molar-refractivity contribution is 0.639. The fourth-order valence-corrected chi connectivity index (χ4v) is 3.16. The summed E-state index contributed by atoms with van der Waals surface area (Å²) >= 11 is 1.64. The summed E-state index contributed by atoms with van der Waals surface area (Å²) in [5.41, 5.74) is 0.363. The minimum Gasteiger partial charge on any atom is -0.345 e. The minimum absolute atomic E-state index is 0.161. The molecule has 0 spiro atoms. The van der Waals surface area contributed by atoms with Gasteiger partial charge in [-0.2, -0.15) is 10.1 Å². The highest BCUT2D eigenvalue weighted by Gasteiger charge is 2.21. The number of aromatic nitrogens is 5. The molecule has 1 saturated heterocycles. The number of nitrogens with zero attached hydrogens (tertiary/aromatic N) is 5. The third-order valence-electron chi connectivity index (χ3n) is 3.58. The van der Waals surface area contributed by atoms with E-state index in [4.69, 9.17) is 0 Å². The molecule has 9 heteroatoms. The summed E-state index contributed by atoms with van der Waals surface area (Å²) in [7, 11) is 0. The van der Waals surface area contributed by atoms with E-state index in [0.29, 0.717) is 17.0 Å². The minimum atomic E-state index is -0.161. The number of thiazole rings is 1. The van der Waals surface area contributed by atoms with Crippen LogP contribution in [0.2, 0.25) is 0 Å². The topological polar surface area (TPSA) is 93.8 Å². The van der Waals surface area contributed by atoms with Crippen LogP contribution in [-0.4, -0.2) is 51.3 Å². The summed E-state index contributed by atoms with van der Waals surface area (Å²) in [5, 5.41) is 10.1. The molecule has 0 bridgehead atoms. The van der Waals surface area contributed by atoms with Crippen molar-refractivity contribution in [3.63, 3.8) is 0 Å². The van der Waals surface area contributed by atoms with Crippen LogP contribution in [0.5, 0.6) is 0 Å². The molecule has 1 aliphatic heterocycles. The first-order valence-electron chi connectivity index (χ1n) is 6.64. The lowest BCUT2D eigenvalue weighted by Gasteiger charge is -2.34. The van der Waals surface area contributed by atoms with Gasteiger partial charge in [-0.15, -0.1) is 11.3 Å². The van der Waals surface area contributed by atoms with Crippen LogP contribution in [0.3, 0.4) is 0 Å². The maximum atomic E-state index is 12.0. The van der Waals surface area contributed by atoms with Gasteiger partial charge in [0.1, 0.15) is 5.39 Å². The molecule has 0 amide bonds. The zero-order valence-electron chi connectivity index (χ0n) is 11.1. The van der Waals surface area contributed by atoms with Crippen LogP contribution in [0.1, 0.15) is 0 Å². The van der Waals surface area contributed by atoms with Gasteiger partial charge in [0.2, 0.25) is 5.95 Å². The highest BCUT2D eigenvalue weighted by Crippen LogP contribution is 2.20. The molecule has 3 aromatic rings. The van der Waals surface area contributed by atoms with Crippen molar-refractivity contribution in [2.45, 2.75) is 0 Å². The molecule has 3 aromatic heterocycles. The molecule has 2 N–H and O–H groups in total. The van der Waals surface area contributed by atoms with Crippen LogP contribution in [0.25, 0.3) is 11.0 Å². The third-order valence-corrected chi connectivity index (χ3v) is 4.41. The van der Waals surface area contributed by atoms with Crippen molar-refractivity contribution >= 4 is 33.5 Å². The Labute approximate surface area is 123 Å². The summed E-state index contributed by atoms with van der Waals surface area (Å²) in [6.07, 6.45) is 3.31. The van der Waals surface area contributed by atoms with Gasteiger partial charge in [-0.1, -0.05) is 0 Å². The van der Waals surface area contributed by atoms with Crippen LogP contribution in [0.15, 0.2) is 22.6 Å². The van der Waals surface area contributed by atoms with Crippen LogP contribution in [0.4, 0.5) is 11.1 Å². The van der Waals surface area contributed by atoms with Crippen molar-refractivity contribution in [2.75, 3.05) is 36.0 Å². The quantitative estimate of drug-likeness (QED) is 0.713. The van der Waals surface area contributed by atoms with Crippen LogP contribution < -0.4 is 15.4 Å². The van der Waals surface area contributed by atoms with E-state index >= 15 is 0 Å². The van der Waals surface area contributed by atoms with Gasteiger partial charge in [0.25, 0.3) is 5.56 Å². The van der Waals surface area contributed by atoms with Gasteiger partial charge in [0.05, 0.1) is 6.20 Å². The zero-order valence-corrected chi connectivity index (χ0v) is 11.9. The van der Waals surface area contributed by atoms with Gasteiger partial charge in [0, 0.05) is 37.8 Å². The predicted molar refractivity (Wildman–Crippen MR) is 81.0 cm³/mol. The van der Waals surface area contributed by atoms with E-state index in [0.717, 1.165) is 31.3 Å². The largest absolute Gasteiger partial charge is 0.345 e. The van der Waals surface area contributed by atoms with Gasteiger partial charge < -0.3 is 9.80 Å². The average molecular weight is 303 g/mol. The number of H-pyrrole nitrogens is 2. The summed E-state index contributed by atoms with van der Waals surface area (Å²) in [6, 6.07) is 0. The van der Waals surface area contributed by atoms with Crippen molar-refractivity contribution < 1.29 is 0 Å². The first-order chi connectivity index (χ1) is 10.3. The predicted octanol–water partition coefficient (Wildman–Crippen LogP) is 0.429. The smallest absolute Gasteiger partial charge is 0.263 e. The number of fused-ring (bicyclic) bond motifs is 1. The number of anilines is 2. The third kappa shape index (κ3) is 2.15. The molecule has 0 aliphatic carbocycles. The number of rotatable bonds is 2. The number of piperazine rings is 1. The molecule has 1 fully saturated rings. The molecular formula is C12H13N7OS. The standard InChI is InChI=1S/C12H13N7OS/c20-10-8-7-14-17-9(8)15-11(16-10)18-2-4-19(5-3-18)12-13-1-6-21-12/h1,6-7H,2-5H2,(H2,14,15,16,17,20). The number of hydrogen-bond donors (Lipinski definition) is 2. The monoisotopic (exact) mass is 303 g/mol. The van der Waals surface area contributed by atoms with Crippen molar-refractivity contribution in [1.82, 2.24) is 25.1 Å². The highest BCUT2D eigenvalue weighted by atomic mass is 32.1. The van der Waals surface area contributed by atoms with Crippen LogP contribution in [-0.2, 0) is 0 Å². The maximum absolute atomic E-state index is 12.0. The zero-order chi connectivity index (χ0) is 14.2. The highest BCUT2D eigenvalue weighted by molar-refractivity contribution is 7.13. The lowest BCUT2D eigenvalue weighted by atomic mass is 10.3.